The van der Waals surface area contributed by atoms with Crippen LogP contribution in [-0.4, -0.2) is 18.6 Å². The molecule has 3 heteroatoms. The first-order valence-electron chi connectivity index (χ1n) is 6.23. The molecular formula is C14H19NO2. The smallest absolute Gasteiger partial charge is 0.311 e. The van der Waals surface area contributed by atoms with Crippen molar-refractivity contribution in [3.63, 3.8) is 0 Å². The molecule has 1 N–H and O–H groups in total. The van der Waals surface area contributed by atoms with Gasteiger partial charge in [-0.1, -0.05) is 25.1 Å². The van der Waals surface area contributed by atoms with E-state index in [1.165, 1.54) is 5.56 Å². The molecule has 0 bridgehead atoms. The number of rotatable bonds is 3. The molecule has 0 saturated heterocycles. The molecule has 0 spiro atoms. The number of para-hydroxylation sites is 1. The van der Waals surface area contributed by atoms with E-state index in [0.717, 1.165) is 18.5 Å². The summed E-state index contributed by atoms with van der Waals surface area (Å²) >= 11 is 0. The lowest BCUT2D eigenvalue weighted by molar-refractivity contribution is -0.152. The normalized spacial score (nSPS) is 20.0. The topological polar surface area (TPSA) is 38.3 Å². The van der Waals surface area contributed by atoms with Crippen molar-refractivity contribution < 1.29 is 9.53 Å². The Morgan fingerprint density at radius 1 is 1.53 bits per heavy atom. The van der Waals surface area contributed by atoms with Crippen molar-refractivity contribution in [2.75, 3.05) is 11.9 Å². The number of anilines is 1. The van der Waals surface area contributed by atoms with Crippen LogP contribution in [0.2, 0.25) is 0 Å². The number of esters is 1. The zero-order valence-corrected chi connectivity index (χ0v) is 10.4. The maximum absolute atomic E-state index is 11.9. The summed E-state index contributed by atoms with van der Waals surface area (Å²) in [5, 5.41) is 3.28. The highest BCUT2D eigenvalue weighted by atomic mass is 16.5. The third-order valence-electron chi connectivity index (χ3n) is 3.25. The van der Waals surface area contributed by atoms with Crippen LogP contribution >= 0.6 is 0 Å². The van der Waals surface area contributed by atoms with E-state index < -0.39 is 0 Å². The second kappa shape index (κ2) is 5.21. The number of hydrogen-bond acceptors (Lipinski definition) is 3. The van der Waals surface area contributed by atoms with Gasteiger partial charge in [-0.15, -0.1) is 0 Å². The quantitative estimate of drug-likeness (QED) is 0.816. The van der Waals surface area contributed by atoms with E-state index in [-0.39, 0.29) is 18.0 Å². The molecular weight excluding hydrogens is 214 g/mol. The fourth-order valence-electron chi connectivity index (χ4n) is 1.99. The minimum atomic E-state index is -0.0821. The van der Waals surface area contributed by atoms with Crippen LogP contribution in [-0.2, 0) is 16.0 Å². The Morgan fingerprint density at radius 2 is 2.29 bits per heavy atom. The molecule has 1 aliphatic heterocycles. The molecule has 2 atom stereocenters. The maximum Gasteiger partial charge on any atom is 0.311 e. The number of carbonyl (C=O) groups is 1. The van der Waals surface area contributed by atoms with E-state index in [2.05, 4.69) is 11.4 Å². The molecule has 0 saturated carbocycles. The van der Waals surface area contributed by atoms with Crippen LogP contribution in [0.5, 0.6) is 0 Å². The molecule has 17 heavy (non-hydrogen) atoms. The van der Waals surface area contributed by atoms with Gasteiger partial charge in [-0.3, -0.25) is 4.79 Å². The van der Waals surface area contributed by atoms with Crippen LogP contribution < -0.4 is 5.32 Å². The van der Waals surface area contributed by atoms with Crippen molar-refractivity contribution in [2.45, 2.75) is 32.8 Å². The standard InChI is InChI=1S/C14H19NO2/c1-3-10(2)17-14(16)12-8-11-6-4-5-7-13(11)15-9-12/h4-7,10,12,15H,3,8-9H2,1-2H3. The van der Waals surface area contributed by atoms with Crippen molar-refractivity contribution >= 4 is 11.7 Å². The Hall–Kier alpha value is -1.51. The highest BCUT2D eigenvalue weighted by Gasteiger charge is 2.26. The molecule has 0 aliphatic carbocycles. The van der Waals surface area contributed by atoms with Gasteiger partial charge < -0.3 is 10.1 Å². The second-order valence-electron chi connectivity index (χ2n) is 4.59. The largest absolute Gasteiger partial charge is 0.462 e. The first-order chi connectivity index (χ1) is 8.20. The average Bonchev–Trinajstić information content (AvgIpc) is 2.38. The van der Waals surface area contributed by atoms with Crippen molar-refractivity contribution in [3.8, 4) is 0 Å². The summed E-state index contributed by atoms with van der Waals surface area (Å²) in [4.78, 5) is 11.9. The number of ether oxygens (including phenoxy) is 1. The zero-order valence-electron chi connectivity index (χ0n) is 10.4. The Morgan fingerprint density at radius 3 is 3.06 bits per heavy atom. The highest BCUT2D eigenvalue weighted by molar-refractivity contribution is 5.75. The lowest BCUT2D eigenvalue weighted by Crippen LogP contribution is -2.32. The minimum absolute atomic E-state index is 0.0136. The molecule has 0 amide bonds. The summed E-state index contributed by atoms with van der Waals surface area (Å²) in [5.41, 5.74) is 2.34. The molecule has 1 heterocycles. The Balaban J connectivity index is 2.00. The first-order valence-corrected chi connectivity index (χ1v) is 6.23. The van der Waals surface area contributed by atoms with Crippen LogP contribution in [0.3, 0.4) is 0 Å². The molecule has 2 unspecified atom stereocenters. The van der Waals surface area contributed by atoms with Gasteiger partial charge in [0.15, 0.2) is 0 Å². The van der Waals surface area contributed by atoms with Gasteiger partial charge in [0.1, 0.15) is 0 Å². The number of fused-ring (bicyclic) bond motifs is 1. The number of hydrogen-bond donors (Lipinski definition) is 1. The first kappa shape index (κ1) is 12.0. The van der Waals surface area contributed by atoms with Crippen LogP contribution in [0, 0.1) is 5.92 Å². The monoisotopic (exact) mass is 233 g/mol. The number of carbonyl (C=O) groups excluding carboxylic acids is 1. The van der Waals surface area contributed by atoms with Gasteiger partial charge in [0.25, 0.3) is 0 Å². The van der Waals surface area contributed by atoms with Crippen LogP contribution in [0.1, 0.15) is 25.8 Å². The third-order valence-corrected chi connectivity index (χ3v) is 3.25. The van der Waals surface area contributed by atoms with E-state index in [4.69, 9.17) is 4.74 Å². The Labute approximate surface area is 102 Å². The van der Waals surface area contributed by atoms with Gasteiger partial charge in [0, 0.05) is 12.2 Å². The van der Waals surface area contributed by atoms with Crippen molar-refractivity contribution in [2.24, 2.45) is 5.92 Å². The van der Waals surface area contributed by atoms with E-state index in [9.17, 15) is 4.79 Å². The van der Waals surface area contributed by atoms with Gasteiger partial charge in [0.05, 0.1) is 12.0 Å². The SMILES string of the molecule is CCC(C)OC(=O)C1CNc2ccccc2C1. The molecule has 1 aromatic carbocycles. The molecule has 92 valence electrons. The lowest BCUT2D eigenvalue weighted by atomic mass is 9.94. The maximum atomic E-state index is 11.9. The molecule has 2 rings (SSSR count). The molecule has 0 aromatic heterocycles. The number of benzene rings is 1. The summed E-state index contributed by atoms with van der Waals surface area (Å²) in [6.07, 6.45) is 1.65. The van der Waals surface area contributed by atoms with E-state index in [1.54, 1.807) is 0 Å². The van der Waals surface area contributed by atoms with Gasteiger partial charge in [-0.2, -0.15) is 0 Å². The van der Waals surface area contributed by atoms with Crippen LogP contribution in [0.15, 0.2) is 24.3 Å². The van der Waals surface area contributed by atoms with Crippen LogP contribution in [0.25, 0.3) is 0 Å². The highest BCUT2D eigenvalue weighted by Crippen LogP contribution is 2.25. The third kappa shape index (κ3) is 2.78. The van der Waals surface area contributed by atoms with Crippen molar-refractivity contribution in [1.29, 1.82) is 0 Å². The predicted molar refractivity (Wildman–Crippen MR) is 68.0 cm³/mol. The lowest BCUT2D eigenvalue weighted by Gasteiger charge is -2.25. The summed E-state index contributed by atoms with van der Waals surface area (Å²) in [6.45, 7) is 4.63. The summed E-state index contributed by atoms with van der Waals surface area (Å²) in [5.74, 6) is -0.139. The molecule has 1 aliphatic rings. The van der Waals surface area contributed by atoms with Crippen molar-refractivity contribution in [1.82, 2.24) is 0 Å². The van der Waals surface area contributed by atoms with Gasteiger partial charge in [-0.25, -0.2) is 0 Å². The second-order valence-corrected chi connectivity index (χ2v) is 4.59. The van der Waals surface area contributed by atoms with Gasteiger partial charge >= 0.3 is 5.97 Å². The van der Waals surface area contributed by atoms with E-state index in [1.807, 2.05) is 32.0 Å². The van der Waals surface area contributed by atoms with E-state index in [0.29, 0.717) is 6.54 Å². The molecule has 1 aromatic rings. The van der Waals surface area contributed by atoms with E-state index >= 15 is 0 Å². The zero-order chi connectivity index (χ0) is 12.3. The molecule has 3 nitrogen and oxygen atoms in total. The van der Waals surface area contributed by atoms with Gasteiger partial charge in [0.2, 0.25) is 0 Å². The summed E-state index contributed by atoms with van der Waals surface area (Å²) in [6, 6.07) is 8.11. The summed E-state index contributed by atoms with van der Waals surface area (Å²) in [7, 11) is 0. The average molecular weight is 233 g/mol. The van der Waals surface area contributed by atoms with Gasteiger partial charge in [-0.05, 0) is 31.4 Å². The fourth-order valence-corrected chi connectivity index (χ4v) is 1.99. The molecule has 0 fully saturated rings. The fraction of sp³-hybridized carbons (Fsp3) is 0.500. The molecule has 0 radical (unpaired) electrons. The number of nitrogens with one attached hydrogen (secondary N) is 1. The Kier molecular flexibility index (Phi) is 3.67. The van der Waals surface area contributed by atoms with Crippen LogP contribution in [0.4, 0.5) is 5.69 Å². The Bertz CT molecular complexity index is 403. The van der Waals surface area contributed by atoms with Crippen molar-refractivity contribution in [3.05, 3.63) is 29.8 Å². The summed E-state index contributed by atoms with van der Waals surface area (Å²) < 4.78 is 5.38. The minimum Gasteiger partial charge on any atom is -0.462 e. The predicted octanol–water partition coefficient (Wildman–Crippen LogP) is 2.61.